The largest absolute Gasteiger partial charge is 0.497 e. The molecule has 0 radical (unpaired) electrons. The minimum absolute atomic E-state index is 0.0471. The SMILES string of the molecule is CCNC(=NCC(C)(C)c1ccc(OC)cc1)NCCOCC. The van der Waals surface area contributed by atoms with Gasteiger partial charge in [-0.15, -0.1) is 0 Å². The van der Waals surface area contributed by atoms with E-state index >= 15 is 0 Å². The first-order chi connectivity index (χ1) is 11.0. The molecule has 0 heterocycles. The van der Waals surface area contributed by atoms with Gasteiger partial charge in [-0.2, -0.15) is 0 Å². The lowest BCUT2D eigenvalue weighted by Crippen LogP contribution is -2.40. The standard InChI is InChI=1S/C18H31N3O2/c1-6-19-17(20-12-13-23-7-2)21-14-18(3,4)15-8-10-16(22-5)11-9-15/h8-11H,6-7,12-14H2,1-5H3,(H2,19,20,21). The second kappa shape index (κ2) is 10.1. The van der Waals surface area contributed by atoms with E-state index in [9.17, 15) is 0 Å². The van der Waals surface area contributed by atoms with E-state index in [1.807, 2.05) is 19.1 Å². The molecule has 0 unspecified atom stereocenters. The molecule has 1 aromatic carbocycles. The molecule has 0 aliphatic rings. The first-order valence-electron chi connectivity index (χ1n) is 8.28. The van der Waals surface area contributed by atoms with E-state index in [0.717, 1.165) is 31.4 Å². The molecule has 0 fully saturated rings. The van der Waals surface area contributed by atoms with Crippen molar-refractivity contribution in [3.63, 3.8) is 0 Å². The van der Waals surface area contributed by atoms with Crippen molar-refractivity contribution in [1.82, 2.24) is 10.6 Å². The minimum atomic E-state index is -0.0471. The van der Waals surface area contributed by atoms with Crippen molar-refractivity contribution in [3.05, 3.63) is 29.8 Å². The highest BCUT2D eigenvalue weighted by molar-refractivity contribution is 5.79. The van der Waals surface area contributed by atoms with Crippen LogP contribution in [0.1, 0.15) is 33.3 Å². The molecule has 0 amide bonds. The second-order valence-corrected chi connectivity index (χ2v) is 5.93. The normalized spacial score (nSPS) is 12.1. The van der Waals surface area contributed by atoms with Gasteiger partial charge in [-0.1, -0.05) is 26.0 Å². The Morgan fingerprint density at radius 1 is 1.13 bits per heavy atom. The zero-order valence-electron chi connectivity index (χ0n) is 15.1. The maximum absolute atomic E-state index is 5.34. The molecule has 5 nitrogen and oxygen atoms in total. The summed E-state index contributed by atoms with van der Waals surface area (Å²) in [5, 5.41) is 6.56. The fourth-order valence-electron chi connectivity index (χ4n) is 2.14. The van der Waals surface area contributed by atoms with Gasteiger partial charge in [0.15, 0.2) is 5.96 Å². The van der Waals surface area contributed by atoms with Crippen LogP contribution < -0.4 is 15.4 Å². The second-order valence-electron chi connectivity index (χ2n) is 5.93. The molecule has 0 aliphatic carbocycles. The van der Waals surface area contributed by atoms with Crippen LogP contribution in [0.5, 0.6) is 5.75 Å². The third-order valence-corrected chi connectivity index (χ3v) is 3.59. The van der Waals surface area contributed by atoms with Crippen LogP contribution in [0.4, 0.5) is 0 Å². The fraction of sp³-hybridized carbons (Fsp3) is 0.611. The average molecular weight is 321 g/mol. The van der Waals surface area contributed by atoms with Crippen molar-refractivity contribution < 1.29 is 9.47 Å². The van der Waals surface area contributed by atoms with Gasteiger partial charge in [-0.25, -0.2) is 0 Å². The van der Waals surface area contributed by atoms with Gasteiger partial charge in [0.05, 0.1) is 20.3 Å². The Balaban J connectivity index is 2.66. The summed E-state index contributed by atoms with van der Waals surface area (Å²) in [6.07, 6.45) is 0. The molecule has 0 saturated heterocycles. The number of nitrogens with one attached hydrogen (secondary N) is 2. The Hall–Kier alpha value is -1.75. The van der Waals surface area contributed by atoms with Crippen molar-refractivity contribution >= 4 is 5.96 Å². The molecular formula is C18H31N3O2. The van der Waals surface area contributed by atoms with E-state index in [-0.39, 0.29) is 5.41 Å². The Morgan fingerprint density at radius 3 is 2.39 bits per heavy atom. The van der Waals surface area contributed by atoms with Gasteiger partial charge in [0.1, 0.15) is 5.75 Å². The van der Waals surface area contributed by atoms with Crippen molar-refractivity contribution in [1.29, 1.82) is 0 Å². The van der Waals surface area contributed by atoms with Crippen LogP contribution in [0, 0.1) is 0 Å². The number of hydrogen-bond donors (Lipinski definition) is 2. The van der Waals surface area contributed by atoms with Gasteiger partial charge < -0.3 is 20.1 Å². The lowest BCUT2D eigenvalue weighted by molar-refractivity contribution is 0.152. The Labute approximate surface area is 140 Å². The zero-order chi connectivity index (χ0) is 17.1. The molecule has 0 bridgehead atoms. The van der Waals surface area contributed by atoms with E-state index in [1.165, 1.54) is 5.56 Å². The molecule has 0 aromatic heterocycles. The number of methoxy groups -OCH3 is 1. The van der Waals surface area contributed by atoms with Crippen LogP contribution in [0.3, 0.4) is 0 Å². The third-order valence-electron chi connectivity index (χ3n) is 3.59. The van der Waals surface area contributed by atoms with Gasteiger partial charge >= 0.3 is 0 Å². The van der Waals surface area contributed by atoms with Gasteiger partial charge in [-0.05, 0) is 31.5 Å². The van der Waals surface area contributed by atoms with Crippen LogP contribution in [0.25, 0.3) is 0 Å². The maximum atomic E-state index is 5.34. The highest BCUT2D eigenvalue weighted by Crippen LogP contribution is 2.25. The number of guanidine groups is 1. The van der Waals surface area contributed by atoms with Crippen LogP contribution in [0.15, 0.2) is 29.3 Å². The van der Waals surface area contributed by atoms with Crippen molar-refractivity contribution in [2.75, 3.05) is 40.0 Å². The number of rotatable bonds is 9. The highest BCUT2D eigenvalue weighted by atomic mass is 16.5. The van der Waals surface area contributed by atoms with Crippen LogP contribution in [-0.2, 0) is 10.2 Å². The quantitative estimate of drug-likeness (QED) is 0.417. The predicted octanol–water partition coefficient (Wildman–Crippen LogP) is 2.56. The number of nitrogens with zero attached hydrogens (tertiary/aromatic N) is 1. The average Bonchev–Trinajstić information content (AvgIpc) is 2.56. The monoisotopic (exact) mass is 321 g/mol. The topological polar surface area (TPSA) is 54.9 Å². The first-order valence-corrected chi connectivity index (χ1v) is 8.28. The summed E-state index contributed by atoms with van der Waals surface area (Å²) in [5.41, 5.74) is 1.20. The molecule has 1 rings (SSSR count). The Kier molecular flexibility index (Phi) is 8.48. The van der Waals surface area contributed by atoms with Gasteiger partial charge in [0.2, 0.25) is 0 Å². The predicted molar refractivity (Wildman–Crippen MR) is 96.5 cm³/mol. The molecule has 1 aromatic rings. The van der Waals surface area contributed by atoms with E-state index in [1.54, 1.807) is 7.11 Å². The van der Waals surface area contributed by atoms with Gasteiger partial charge in [0, 0.05) is 25.1 Å². The maximum Gasteiger partial charge on any atom is 0.191 e. The van der Waals surface area contributed by atoms with Gasteiger partial charge in [-0.3, -0.25) is 4.99 Å². The van der Waals surface area contributed by atoms with E-state index < -0.39 is 0 Å². The molecule has 5 heteroatoms. The molecule has 130 valence electrons. The van der Waals surface area contributed by atoms with E-state index in [0.29, 0.717) is 13.2 Å². The number of hydrogen-bond acceptors (Lipinski definition) is 3. The molecule has 0 saturated carbocycles. The first kappa shape index (κ1) is 19.3. The van der Waals surface area contributed by atoms with E-state index in [4.69, 9.17) is 14.5 Å². The summed E-state index contributed by atoms with van der Waals surface area (Å²) in [5.74, 6) is 1.70. The summed E-state index contributed by atoms with van der Waals surface area (Å²) in [6, 6.07) is 8.19. The molecule has 0 atom stereocenters. The number of aliphatic imine (C=N–C) groups is 1. The minimum Gasteiger partial charge on any atom is -0.497 e. The summed E-state index contributed by atoms with van der Waals surface area (Å²) in [7, 11) is 1.68. The third kappa shape index (κ3) is 6.91. The van der Waals surface area contributed by atoms with Crippen LogP contribution >= 0.6 is 0 Å². The number of ether oxygens (including phenoxy) is 2. The zero-order valence-corrected chi connectivity index (χ0v) is 15.1. The molecule has 0 spiro atoms. The van der Waals surface area contributed by atoms with Crippen molar-refractivity contribution in [2.24, 2.45) is 4.99 Å². The van der Waals surface area contributed by atoms with Crippen molar-refractivity contribution in [3.8, 4) is 5.75 Å². The summed E-state index contributed by atoms with van der Waals surface area (Å²) >= 11 is 0. The van der Waals surface area contributed by atoms with E-state index in [2.05, 4.69) is 43.5 Å². The Bertz CT molecular complexity index is 470. The summed E-state index contributed by atoms with van der Waals surface area (Å²) in [6.45, 7) is 12.2. The Morgan fingerprint density at radius 2 is 1.83 bits per heavy atom. The fourth-order valence-corrected chi connectivity index (χ4v) is 2.14. The smallest absolute Gasteiger partial charge is 0.191 e. The summed E-state index contributed by atoms with van der Waals surface area (Å²) in [4.78, 5) is 4.71. The lowest BCUT2D eigenvalue weighted by Gasteiger charge is -2.24. The molecular weight excluding hydrogens is 290 g/mol. The van der Waals surface area contributed by atoms with Crippen molar-refractivity contribution in [2.45, 2.75) is 33.1 Å². The number of benzene rings is 1. The van der Waals surface area contributed by atoms with Gasteiger partial charge in [0.25, 0.3) is 0 Å². The molecule has 2 N–H and O–H groups in total. The molecule has 23 heavy (non-hydrogen) atoms. The van der Waals surface area contributed by atoms with Crippen LogP contribution in [0.2, 0.25) is 0 Å². The molecule has 0 aliphatic heterocycles. The highest BCUT2D eigenvalue weighted by Gasteiger charge is 2.20. The summed E-state index contributed by atoms with van der Waals surface area (Å²) < 4.78 is 10.6. The lowest BCUT2D eigenvalue weighted by atomic mass is 9.85. The van der Waals surface area contributed by atoms with Crippen LogP contribution in [-0.4, -0.2) is 45.9 Å².